The van der Waals surface area contributed by atoms with E-state index in [0.717, 1.165) is 0 Å². The minimum absolute atomic E-state index is 0.00452. The molecule has 0 aliphatic heterocycles. The van der Waals surface area contributed by atoms with Gasteiger partial charge in [0.05, 0.1) is 10.6 Å². The van der Waals surface area contributed by atoms with E-state index in [1.807, 2.05) is 0 Å². The number of carbonyl (C=O) groups is 1. The van der Waals surface area contributed by atoms with Gasteiger partial charge in [-0.05, 0) is 18.2 Å². The van der Waals surface area contributed by atoms with Gasteiger partial charge in [-0.2, -0.15) is 0 Å². The summed E-state index contributed by atoms with van der Waals surface area (Å²) in [6.07, 6.45) is 1.58. The molecule has 7 heteroatoms. The first-order valence-corrected chi connectivity index (χ1v) is 8.10. The number of rotatable bonds is 4. The lowest BCUT2D eigenvalue weighted by Gasteiger charge is -2.05. The molecule has 0 fully saturated rings. The first-order valence-electron chi connectivity index (χ1n) is 5.56. The largest absolute Gasteiger partial charge is 0.298 e. The number of carbonyl (C=O) groups excluding carboxylic acids is 1. The normalized spacial score (nSPS) is 11.2. The highest BCUT2D eigenvalue weighted by Crippen LogP contribution is 2.16. The van der Waals surface area contributed by atoms with E-state index in [0.29, 0.717) is 10.7 Å². The number of sulfone groups is 1. The summed E-state index contributed by atoms with van der Waals surface area (Å²) >= 11 is 1.30. The lowest BCUT2D eigenvalue weighted by molar-refractivity contribution is 0.102. The van der Waals surface area contributed by atoms with Crippen LogP contribution in [0.5, 0.6) is 0 Å². The quantitative estimate of drug-likeness (QED) is 0.938. The first-order chi connectivity index (χ1) is 9.03. The molecule has 2 aromatic rings. The van der Waals surface area contributed by atoms with Crippen molar-refractivity contribution in [2.45, 2.75) is 11.8 Å². The minimum Gasteiger partial charge on any atom is -0.298 e. The summed E-state index contributed by atoms with van der Waals surface area (Å²) in [5.41, 5.74) is 0.296. The fourth-order valence-corrected chi connectivity index (χ4v) is 2.90. The molecule has 0 aliphatic carbocycles. The monoisotopic (exact) mass is 296 g/mol. The van der Waals surface area contributed by atoms with Gasteiger partial charge in [-0.15, -0.1) is 11.3 Å². The molecular weight excluding hydrogens is 284 g/mol. The number of anilines is 1. The van der Waals surface area contributed by atoms with Crippen molar-refractivity contribution >= 4 is 32.2 Å². The van der Waals surface area contributed by atoms with Crippen LogP contribution in [0.3, 0.4) is 0 Å². The van der Waals surface area contributed by atoms with E-state index in [1.165, 1.54) is 23.5 Å². The summed E-state index contributed by atoms with van der Waals surface area (Å²) in [4.78, 5) is 16.0. The number of amides is 1. The van der Waals surface area contributed by atoms with Crippen LogP contribution in [0.4, 0.5) is 5.13 Å². The van der Waals surface area contributed by atoms with E-state index in [2.05, 4.69) is 10.3 Å². The molecule has 0 unspecified atom stereocenters. The Kier molecular flexibility index (Phi) is 3.96. The summed E-state index contributed by atoms with van der Waals surface area (Å²) in [5, 5.41) is 4.83. The summed E-state index contributed by atoms with van der Waals surface area (Å²) in [6, 6.07) is 5.98. The van der Waals surface area contributed by atoms with Crippen molar-refractivity contribution < 1.29 is 13.2 Å². The molecular formula is C12H12N2O3S2. The zero-order valence-electron chi connectivity index (χ0n) is 10.2. The highest BCUT2D eigenvalue weighted by atomic mass is 32.2. The van der Waals surface area contributed by atoms with Crippen molar-refractivity contribution in [1.82, 2.24) is 4.98 Å². The topological polar surface area (TPSA) is 76.1 Å². The van der Waals surface area contributed by atoms with E-state index in [4.69, 9.17) is 0 Å². The maximum absolute atomic E-state index is 11.9. The van der Waals surface area contributed by atoms with Crippen molar-refractivity contribution in [3.8, 4) is 0 Å². The van der Waals surface area contributed by atoms with Crippen LogP contribution in [0.1, 0.15) is 17.3 Å². The molecule has 1 aromatic heterocycles. The number of thiazole rings is 1. The molecule has 0 radical (unpaired) electrons. The Morgan fingerprint density at radius 1 is 1.42 bits per heavy atom. The lowest BCUT2D eigenvalue weighted by atomic mass is 10.2. The fourth-order valence-electron chi connectivity index (χ4n) is 1.45. The predicted octanol–water partition coefficient (Wildman–Crippen LogP) is 2.19. The number of benzene rings is 1. The van der Waals surface area contributed by atoms with Crippen LogP contribution in [-0.4, -0.2) is 25.1 Å². The molecule has 1 amide bonds. The van der Waals surface area contributed by atoms with E-state index in [-0.39, 0.29) is 16.6 Å². The molecule has 0 saturated heterocycles. The molecule has 0 saturated carbocycles. The van der Waals surface area contributed by atoms with Crippen molar-refractivity contribution in [3.63, 3.8) is 0 Å². The Bertz CT molecular complexity index is 679. The van der Waals surface area contributed by atoms with E-state index in [9.17, 15) is 13.2 Å². The standard InChI is InChI=1S/C12H12N2O3S2/c1-2-19(16,17)10-5-3-4-9(8-10)11(15)14-12-13-6-7-18-12/h3-8H,2H2,1H3,(H,13,14,15). The van der Waals surface area contributed by atoms with Crippen LogP contribution < -0.4 is 5.32 Å². The molecule has 1 N–H and O–H groups in total. The van der Waals surface area contributed by atoms with Gasteiger partial charge < -0.3 is 0 Å². The molecule has 100 valence electrons. The Morgan fingerprint density at radius 2 is 2.21 bits per heavy atom. The molecule has 5 nitrogen and oxygen atoms in total. The van der Waals surface area contributed by atoms with Gasteiger partial charge in [0.15, 0.2) is 15.0 Å². The van der Waals surface area contributed by atoms with Gasteiger partial charge in [-0.25, -0.2) is 13.4 Å². The summed E-state index contributed by atoms with van der Waals surface area (Å²) in [5.74, 6) is -0.368. The SMILES string of the molecule is CCS(=O)(=O)c1cccc(C(=O)Nc2nccs2)c1. The van der Waals surface area contributed by atoms with Gasteiger partial charge in [-0.3, -0.25) is 10.1 Å². The van der Waals surface area contributed by atoms with Gasteiger partial charge in [0, 0.05) is 17.1 Å². The third kappa shape index (κ3) is 3.18. The highest BCUT2D eigenvalue weighted by molar-refractivity contribution is 7.91. The number of aromatic nitrogens is 1. The Hall–Kier alpha value is -1.73. The second kappa shape index (κ2) is 5.50. The zero-order valence-corrected chi connectivity index (χ0v) is 11.8. The predicted molar refractivity (Wildman–Crippen MR) is 74.2 cm³/mol. The highest BCUT2D eigenvalue weighted by Gasteiger charge is 2.14. The average Bonchev–Trinajstić information content (AvgIpc) is 2.91. The average molecular weight is 296 g/mol. The van der Waals surface area contributed by atoms with Crippen molar-refractivity contribution in [1.29, 1.82) is 0 Å². The molecule has 0 aliphatic rings. The summed E-state index contributed by atoms with van der Waals surface area (Å²) in [6.45, 7) is 1.57. The van der Waals surface area contributed by atoms with Gasteiger partial charge in [-0.1, -0.05) is 13.0 Å². The van der Waals surface area contributed by atoms with E-state index in [1.54, 1.807) is 30.6 Å². The van der Waals surface area contributed by atoms with E-state index < -0.39 is 9.84 Å². The molecule has 0 atom stereocenters. The number of nitrogens with zero attached hydrogens (tertiary/aromatic N) is 1. The second-order valence-corrected chi connectivity index (χ2v) is 6.90. The zero-order chi connectivity index (χ0) is 13.9. The molecule has 1 heterocycles. The van der Waals surface area contributed by atoms with Crippen molar-refractivity contribution in [2.75, 3.05) is 11.1 Å². The molecule has 19 heavy (non-hydrogen) atoms. The van der Waals surface area contributed by atoms with Crippen LogP contribution in [0.2, 0.25) is 0 Å². The van der Waals surface area contributed by atoms with Gasteiger partial charge in [0.1, 0.15) is 0 Å². The van der Waals surface area contributed by atoms with Crippen LogP contribution in [0, 0.1) is 0 Å². The van der Waals surface area contributed by atoms with Gasteiger partial charge >= 0.3 is 0 Å². The Balaban J connectivity index is 2.26. The molecule has 2 rings (SSSR count). The van der Waals surface area contributed by atoms with Crippen molar-refractivity contribution in [2.24, 2.45) is 0 Å². The Labute approximate surface area is 115 Å². The smallest absolute Gasteiger partial charge is 0.257 e. The number of hydrogen-bond acceptors (Lipinski definition) is 5. The maximum Gasteiger partial charge on any atom is 0.257 e. The fraction of sp³-hybridized carbons (Fsp3) is 0.167. The lowest BCUT2D eigenvalue weighted by Crippen LogP contribution is -2.13. The van der Waals surface area contributed by atoms with Crippen molar-refractivity contribution in [3.05, 3.63) is 41.4 Å². The number of hydrogen-bond donors (Lipinski definition) is 1. The first kappa shape index (κ1) is 13.7. The Morgan fingerprint density at radius 3 is 2.84 bits per heavy atom. The second-order valence-electron chi connectivity index (χ2n) is 3.72. The molecule has 1 aromatic carbocycles. The minimum atomic E-state index is -3.31. The van der Waals surface area contributed by atoms with Crippen LogP contribution in [0.15, 0.2) is 40.7 Å². The van der Waals surface area contributed by atoms with Gasteiger partial charge in [0.2, 0.25) is 0 Å². The third-order valence-electron chi connectivity index (χ3n) is 2.49. The molecule has 0 spiro atoms. The van der Waals surface area contributed by atoms with E-state index >= 15 is 0 Å². The molecule has 0 bridgehead atoms. The van der Waals surface area contributed by atoms with Crippen LogP contribution in [-0.2, 0) is 9.84 Å². The summed E-state index contributed by atoms with van der Waals surface area (Å²) in [7, 11) is -3.31. The van der Waals surface area contributed by atoms with Crippen LogP contribution >= 0.6 is 11.3 Å². The van der Waals surface area contributed by atoms with Crippen LogP contribution in [0.25, 0.3) is 0 Å². The third-order valence-corrected chi connectivity index (χ3v) is 4.91. The maximum atomic E-state index is 11.9. The van der Waals surface area contributed by atoms with Gasteiger partial charge in [0.25, 0.3) is 5.91 Å². The number of nitrogens with one attached hydrogen (secondary N) is 1. The summed E-state index contributed by atoms with van der Waals surface area (Å²) < 4.78 is 23.5.